The zero-order valence-corrected chi connectivity index (χ0v) is 38.7. The number of hydrogen-bond donors (Lipinski definition) is 2. The molecule has 0 radical (unpaired) electrons. The summed E-state index contributed by atoms with van der Waals surface area (Å²) in [5.41, 5.74) is 6.69. The highest BCUT2D eigenvalue weighted by Gasteiger charge is 2.71. The van der Waals surface area contributed by atoms with Gasteiger partial charge < -0.3 is 20.5 Å². The molecule has 5 aliphatic rings. The molecule has 5 aliphatic carbocycles. The van der Waals surface area contributed by atoms with Gasteiger partial charge in [-0.25, -0.2) is 9.59 Å². The maximum absolute atomic E-state index is 13.0. The van der Waals surface area contributed by atoms with Crippen molar-refractivity contribution >= 4 is 23.5 Å². The summed E-state index contributed by atoms with van der Waals surface area (Å²) in [7, 11) is 0. The van der Waals surface area contributed by atoms with E-state index in [1.807, 2.05) is 6.92 Å². The molecule has 10 heteroatoms. The lowest BCUT2D eigenvalue weighted by Crippen LogP contribution is -2.67. The van der Waals surface area contributed by atoms with E-state index >= 15 is 0 Å². The molecule has 0 amide bonds. The summed E-state index contributed by atoms with van der Waals surface area (Å²) in [5, 5.41) is 11.0. The van der Waals surface area contributed by atoms with Crippen LogP contribution in [0.5, 0.6) is 0 Å². The highest BCUT2D eigenvalue weighted by Crippen LogP contribution is 2.77. The van der Waals surface area contributed by atoms with Crippen molar-refractivity contribution in [3.05, 3.63) is 12.2 Å². The number of fused-ring (bicyclic) bond motifs is 7. The Morgan fingerprint density at radius 2 is 1.37 bits per heavy atom. The predicted molar refractivity (Wildman–Crippen MR) is 247 cm³/mol. The molecule has 0 bridgehead atoms. The number of allylic oxidation sites excluding steroid dienone is 1. The van der Waals surface area contributed by atoms with Gasteiger partial charge in [0.2, 0.25) is 11.6 Å². The van der Waals surface area contributed by atoms with Gasteiger partial charge in [0.25, 0.3) is 0 Å². The van der Waals surface area contributed by atoms with Crippen LogP contribution in [0.25, 0.3) is 0 Å². The molecule has 0 spiro atoms. The number of Topliss-reactive ketones (excluding diaryl/α,β-unsaturated/α-hetero) is 2. The van der Waals surface area contributed by atoms with Crippen molar-refractivity contribution in [2.75, 3.05) is 39.3 Å². The zero-order valence-electron chi connectivity index (χ0n) is 38.7. The van der Waals surface area contributed by atoms with Crippen LogP contribution in [-0.2, 0) is 28.7 Å². The monoisotopic (exact) mass is 845 g/mol. The molecular weight excluding hydrogens is 753 g/mol. The molecule has 0 aliphatic heterocycles. The van der Waals surface area contributed by atoms with Gasteiger partial charge in [0, 0.05) is 43.3 Å². The fourth-order valence-electron chi connectivity index (χ4n) is 13.2. The molecule has 5 saturated carbocycles. The van der Waals surface area contributed by atoms with Crippen molar-refractivity contribution in [3.63, 3.8) is 0 Å². The molecule has 10 unspecified atom stereocenters. The number of carbonyl (C=O) groups excluding carboxylic acids is 4. The number of nitrogens with two attached hydrogens (primary N) is 1. The van der Waals surface area contributed by atoms with E-state index < -0.39 is 23.5 Å². The number of hydrogen-bond acceptors (Lipinski definition) is 10. The average molecular weight is 845 g/mol. The quantitative estimate of drug-likeness (QED) is 0.0544. The Kier molecular flexibility index (Phi) is 22.1. The molecule has 5 rings (SSSR count). The normalized spacial score (nSPS) is 34.5. The average Bonchev–Trinajstić information content (AvgIpc) is 3.56. The minimum absolute atomic E-state index is 0. The van der Waals surface area contributed by atoms with E-state index in [1.165, 1.54) is 18.4 Å². The molecule has 0 saturated heterocycles. The molecular formula is C50H92N4O6. The number of nitrogens with one attached hydrogen (secondary N) is 1. The van der Waals surface area contributed by atoms with Crippen molar-refractivity contribution < 1.29 is 28.7 Å². The number of ketones is 2. The molecule has 3 N–H and O–H groups in total. The second-order valence-corrected chi connectivity index (χ2v) is 20.0. The summed E-state index contributed by atoms with van der Waals surface area (Å²) in [6, 6.07) is 0. The van der Waals surface area contributed by atoms with Gasteiger partial charge >= 0.3 is 11.9 Å². The minimum atomic E-state index is -0.731. The Morgan fingerprint density at radius 1 is 0.733 bits per heavy atom. The maximum atomic E-state index is 13.0. The van der Waals surface area contributed by atoms with Gasteiger partial charge in [-0.15, -0.1) is 0 Å². The van der Waals surface area contributed by atoms with Gasteiger partial charge in [-0.05, 0) is 124 Å². The molecule has 60 heavy (non-hydrogen) atoms. The van der Waals surface area contributed by atoms with Crippen LogP contribution in [0.3, 0.4) is 0 Å². The standard InChI is InChI=1S/C42H68N4O6.2C3H8.2CH4/c1-9-45-46-24-16-31(48)37(50)52-34-14-17-39(6)32(38(34,4)5)13-18-41(8)33(39)11-10-29-35-28(27(2)3)12-19-42(35,21-20-40(29,41)7)26-51-36(49)30(47)15-23-44-25-22-43;2*1-3-2;;/h28-29,32-35,44H,2,9-26,43H2,1,3-8H3;2*3H2,1-2H3;2*1H4. The highest BCUT2D eigenvalue weighted by atomic mass is 16.6. The van der Waals surface area contributed by atoms with Gasteiger partial charge in [-0.2, -0.15) is 10.2 Å². The molecule has 10 atom stereocenters. The minimum Gasteiger partial charge on any atom is -0.459 e. The molecule has 0 aromatic carbocycles. The summed E-state index contributed by atoms with van der Waals surface area (Å²) < 4.78 is 12.0. The highest BCUT2D eigenvalue weighted by molar-refractivity contribution is 6.34. The topological polar surface area (TPSA) is 150 Å². The first-order chi connectivity index (χ1) is 27.3. The van der Waals surface area contributed by atoms with Gasteiger partial charge in [-0.3, -0.25) is 9.59 Å². The van der Waals surface area contributed by atoms with Crippen molar-refractivity contribution in [2.24, 2.45) is 72.6 Å². The lowest BCUT2D eigenvalue weighted by atomic mass is 9.32. The summed E-state index contributed by atoms with van der Waals surface area (Å²) in [4.78, 5) is 51.2. The number of esters is 2. The Balaban J connectivity index is 0.00000212. The summed E-state index contributed by atoms with van der Waals surface area (Å²) in [6.45, 7) is 31.9. The lowest BCUT2D eigenvalue weighted by Gasteiger charge is -2.73. The van der Waals surface area contributed by atoms with E-state index in [0.29, 0.717) is 62.4 Å². The van der Waals surface area contributed by atoms with Crippen molar-refractivity contribution in [1.82, 2.24) is 5.32 Å². The van der Waals surface area contributed by atoms with Gasteiger partial charge in [0.15, 0.2) is 0 Å². The SMILES string of the molecule is C.C.C=C(C)C1CCC2(COC(=O)C(=O)CCNCCN)CCC3(C)C(CCC4C5(C)CCC(OC(=O)C(=O)CCN=NCC)C(C)(C)C5CCC43C)C12.CCC.CCC. The lowest BCUT2D eigenvalue weighted by molar-refractivity contribution is -0.251. The second kappa shape index (κ2) is 23.8. The van der Waals surface area contributed by atoms with Crippen LogP contribution in [0.4, 0.5) is 0 Å². The van der Waals surface area contributed by atoms with Gasteiger partial charge in [-0.1, -0.05) is 102 Å². The smallest absolute Gasteiger partial charge is 0.374 e. The second-order valence-electron chi connectivity index (χ2n) is 20.0. The van der Waals surface area contributed by atoms with Crippen LogP contribution >= 0.6 is 0 Å². The molecule has 10 nitrogen and oxygen atoms in total. The Hall–Kier alpha value is -2.46. The summed E-state index contributed by atoms with van der Waals surface area (Å²) >= 11 is 0. The number of ether oxygens (including phenoxy) is 2. The van der Waals surface area contributed by atoms with E-state index in [-0.39, 0.29) is 67.4 Å². The van der Waals surface area contributed by atoms with Crippen molar-refractivity contribution in [1.29, 1.82) is 0 Å². The third-order valence-corrected chi connectivity index (χ3v) is 15.9. The summed E-state index contributed by atoms with van der Waals surface area (Å²) in [5.74, 6) is -0.294. The Morgan fingerprint density at radius 3 is 1.97 bits per heavy atom. The van der Waals surface area contributed by atoms with E-state index in [1.54, 1.807) is 0 Å². The van der Waals surface area contributed by atoms with E-state index in [9.17, 15) is 19.2 Å². The summed E-state index contributed by atoms with van der Waals surface area (Å²) in [6.07, 6.45) is 12.7. The number of nitrogens with zero attached hydrogens (tertiary/aromatic N) is 2. The van der Waals surface area contributed by atoms with Crippen LogP contribution in [0, 0.1) is 56.7 Å². The molecule has 5 fully saturated rings. The van der Waals surface area contributed by atoms with E-state index in [0.717, 1.165) is 64.2 Å². The molecule has 0 aromatic rings. The van der Waals surface area contributed by atoms with Crippen LogP contribution in [-0.4, -0.2) is 68.9 Å². The van der Waals surface area contributed by atoms with Crippen LogP contribution < -0.4 is 11.1 Å². The first-order valence-corrected chi connectivity index (χ1v) is 23.2. The predicted octanol–water partition coefficient (Wildman–Crippen LogP) is 11.1. The maximum Gasteiger partial charge on any atom is 0.374 e. The van der Waals surface area contributed by atoms with Gasteiger partial charge in [0.1, 0.15) is 6.10 Å². The van der Waals surface area contributed by atoms with Crippen molar-refractivity contribution in [3.8, 4) is 0 Å². The van der Waals surface area contributed by atoms with Crippen LogP contribution in [0.1, 0.15) is 181 Å². The Labute approximate surface area is 367 Å². The fraction of sp³-hybridized carbons (Fsp3) is 0.880. The Bertz CT molecular complexity index is 1450. The first-order valence-electron chi connectivity index (χ1n) is 23.2. The molecule has 0 heterocycles. The van der Waals surface area contributed by atoms with Crippen LogP contribution in [0.2, 0.25) is 0 Å². The molecule has 348 valence electrons. The third-order valence-electron chi connectivity index (χ3n) is 15.9. The van der Waals surface area contributed by atoms with Crippen LogP contribution in [0.15, 0.2) is 22.4 Å². The zero-order chi connectivity index (χ0) is 43.5. The number of carbonyl (C=O) groups is 4. The van der Waals surface area contributed by atoms with E-state index in [4.69, 9.17) is 15.2 Å². The molecule has 0 aromatic heterocycles. The third kappa shape index (κ3) is 11.4. The largest absolute Gasteiger partial charge is 0.459 e. The van der Waals surface area contributed by atoms with Crippen molar-refractivity contribution in [2.45, 2.75) is 187 Å². The number of rotatable bonds is 15. The number of azo groups is 1. The first kappa shape index (κ1) is 55.6. The van der Waals surface area contributed by atoms with E-state index in [2.05, 4.69) is 91.4 Å². The van der Waals surface area contributed by atoms with Gasteiger partial charge in [0.05, 0.1) is 19.7 Å². The fourth-order valence-corrected chi connectivity index (χ4v) is 13.2.